The van der Waals surface area contributed by atoms with Crippen molar-refractivity contribution < 1.29 is 14.3 Å². The molecule has 2 aliphatic heterocycles. The van der Waals surface area contributed by atoms with Gasteiger partial charge in [-0.3, -0.25) is 19.4 Å². The van der Waals surface area contributed by atoms with Gasteiger partial charge in [0.15, 0.2) is 0 Å². The number of benzene rings is 4. The van der Waals surface area contributed by atoms with Gasteiger partial charge >= 0.3 is 0 Å². The molecule has 0 aromatic heterocycles. The van der Waals surface area contributed by atoms with Crippen LogP contribution in [-0.4, -0.2) is 24.3 Å². The van der Waals surface area contributed by atoms with Crippen molar-refractivity contribution in [1.29, 1.82) is 0 Å². The van der Waals surface area contributed by atoms with Crippen LogP contribution in [0, 0.1) is 0 Å². The van der Waals surface area contributed by atoms with Gasteiger partial charge in [-0.25, -0.2) is 0 Å². The molecule has 37 heavy (non-hydrogen) atoms. The van der Waals surface area contributed by atoms with E-state index in [0.29, 0.717) is 23.4 Å². The maximum absolute atomic E-state index is 14.2. The van der Waals surface area contributed by atoms with Crippen LogP contribution in [0.25, 0.3) is 0 Å². The molecule has 6 heteroatoms. The summed E-state index contributed by atoms with van der Waals surface area (Å²) in [5.74, 6) is 0.414. The fourth-order valence-electron chi connectivity index (χ4n) is 5.69. The summed E-state index contributed by atoms with van der Waals surface area (Å²) in [5, 5.41) is -0.785. The van der Waals surface area contributed by atoms with Gasteiger partial charge < -0.3 is 4.74 Å². The lowest BCUT2D eigenvalue weighted by atomic mass is 9.71. The van der Waals surface area contributed by atoms with E-state index >= 15 is 0 Å². The van der Waals surface area contributed by atoms with Gasteiger partial charge in [-0.15, -0.1) is 11.6 Å². The maximum Gasteiger partial charge on any atom is 0.258 e. The minimum absolute atomic E-state index is 0.132. The SMILES string of the molecule is COc1ccc([C@]23C[C@H](c4ccccc4)N(C(=O)c4ccccc4)c4ccccc4N2C(=O)[C@@H]3Cl)cc1. The zero-order valence-electron chi connectivity index (χ0n) is 20.3. The number of halogens is 1. The Morgan fingerprint density at radius 1 is 0.838 bits per heavy atom. The number of nitrogens with zero attached hydrogens (tertiary/aromatic N) is 2. The van der Waals surface area contributed by atoms with Gasteiger partial charge in [0, 0.05) is 12.0 Å². The average Bonchev–Trinajstić information content (AvgIpc) is 3.09. The number of fused-ring (bicyclic) bond motifs is 3. The number of ether oxygens (including phenoxy) is 1. The quantitative estimate of drug-likeness (QED) is 0.239. The van der Waals surface area contributed by atoms with Gasteiger partial charge in [-0.1, -0.05) is 72.8 Å². The fourth-order valence-corrected chi connectivity index (χ4v) is 6.10. The molecule has 2 amide bonds. The number of carbonyl (C=O) groups is 2. The number of para-hydroxylation sites is 2. The normalized spacial score (nSPS) is 22.4. The first-order valence-electron chi connectivity index (χ1n) is 12.2. The average molecular weight is 509 g/mol. The zero-order valence-corrected chi connectivity index (χ0v) is 21.0. The first-order valence-corrected chi connectivity index (χ1v) is 12.6. The van der Waals surface area contributed by atoms with Gasteiger partial charge in [0.1, 0.15) is 16.7 Å². The lowest BCUT2D eigenvalue weighted by molar-refractivity contribution is -0.127. The topological polar surface area (TPSA) is 49.9 Å². The molecule has 0 saturated carbocycles. The van der Waals surface area contributed by atoms with Crippen LogP contribution in [0.4, 0.5) is 11.4 Å². The summed E-state index contributed by atoms with van der Waals surface area (Å²) in [5.41, 5.74) is 2.94. The molecule has 4 aromatic carbocycles. The van der Waals surface area contributed by atoms with Crippen LogP contribution < -0.4 is 14.5 Å². The first kappa shape index (κ1) is 23.3. The van der Waals surface area contributed by atoms with Crippen molar-refractivity contribution in [3.8, 4) is 5.75 Å². The molecule has 1 saturated heterocycles. The number of alkyl halides is 1. The Hall–Kier alpha value is -4.09. The number of methoxy groups -OCH3 is 1. The van der Waals surface area contributed by atoms with Gasteiger partial charge in [0.2, 0.25) is 5.91 Å². The lowest BCUT2D eigenvalue weighted by Gasteiger charge is -2.55. The second-order valence-electron chi connectivity index (χ2n) is 9.35. The summed E-state index contributed by atoms with van der Waals surface area (Å²) in [6.07, 6.45) is 0.427. The zero-order chi connectivity index (χ0) is 25.6. The van der Waals surface area contributed by atoms with E-state index in [-0.39, 0.29) is 17.9 Å². The van der Waals surface area contributed by atoms with E-state index in [2.05, 4.69) is 0 Å². The highest BCUT2D eigenvalue weighted by molar-refractivity contribution is 6.38. The van der Waals surface area contributed by atoms with Crippen molar-refractivity contribution in [2.45, 2.75) is 23.4 Å². The molecular formula is C31H25ClN2O3. The molecule has 2 aliphatic rings. The number of amides is 2. The van der Waals surface area contributed by atoms with Crippen molar-refractivity contribution in [2.24, 2.45) is 0 Å². The molecule has 0 unspecified atom stereocenters. The van der Waals surface area contributed by atoms with Crippen LogP contribution >= 0.6 is 11.6 Å². The monoisotopic (exact) mass is 508 g/mol. The molecule has 0 aliphatic carbocycles. The van der Waals surface area contributed by atoms with Gasteiger partial charge in [-0.05, 0) is 47.5 Å². The van der Waals surface area contributed by atoms with Crippen LogP contribution in [0.15, 0.2) is 109 Å². The van der Waals surface area contributed by atoms with Crippen molar-refractivity contribution in [1.82, 2.24) is 0 Å². The second kappa shape index (κ2) is 9.09. The van der Waals surface area contributed by atoms with Crippen LogP contribution in [0.1, 0.15) is 33.9 Å². The van der Waals surface area contributed by atoms with Crippen LogP contribution in [0.5, 0.6) is 5.75 Å². The molecular weight excluding hydrogens is 484 g/mol. The largest absolute Gasteiger partial charge is 0.497 e. The minimum Gasteiger partial charge on any atom is -0.497 e. The van der Waals surface area contributed by atoms with Gasteiger partial charge in [0.05, 0.1) is 24.5 Å². The Kier molecular flexibility index (Phi) is 5.73. The second-order valence-corrected chi connectivity index (χ2v) is 9.79. The summed E-state index contributed by atoms with van der Waals surface area (Å²) in [6, 6.07) is 34.1. The Labute approximate surface area is 220 Å². The molecule has 0 spiro atoms. The van der Waals surface area contributed by atoms with Crippen LogP contribution in [0.3, 0.4) is 0 Å². The van der Waals surface area contributed by atoms with E-state index in [4.69, 9.17) is 16.3 Å². The number of β-lactam (4-membered cyclic amide) rings is 1. The summed E-state index contributed by atoms with van der Waals surface area (Å²) < 4.78 is 5.38. The number of hydrogen-bond acceptors (Lipinski definition) is 3. The third-order valence-electron chi connectivity index (χ3n) is 7.47. The van der Waals surface area contributed by atoms with Gasteiger partial charge in [-0.2, -0.15) is 0 Å². The fraction of sp³-hybridized carbons (Fsp3) is 0.161. The van der Waals surface area contributed by atoms with Crippen molar-refractivity contribution >= 4 is 34.8 Å². The van der Waals surface area contributed by atoms with E-state index in [1.165, 1.54) is 0 Å². The summed E-state index contributed by atoms with van der Waals surface area (Å²) in [4.78, 5) is 31.3. The number of rotatable bonds is 4. The summed E-state index contributed by atoms with van der Waals surface area (Å²) >= 11 is 6.95. The molecule has 2 heterocycles. The summed E-state index contributed by atoms with van der Waals surface area (Å²) in [6.45, 7) is 0. The van der Waals surface area contributed by atoms with Crippen LogP contribution in [0.2, 0.25) is 0 Å². The Morgan fingerprint density at radius 3 is 2.08 bits per heavy atom. The lowest BCUT2D eigenvalue weighted by Crippen LogP contribution is -2.70. The van der Waals surface area contributed by atoms with Crippen molar-refractivity contribution in [2.75, 3.05) is 16.9 Å². The Bertz CT molecular complexity index is 1460. The Balaban J connectivity index is 1.61. The number of carbonyl (C=O) groups excluding carboxylic acids is 2. The third kappa shape index (κ3) is 3.53. The molecule has 0 bridgehead atoms. The van der Waals surface area contributed by atoms with Crippen molar-refractivity contribution in [3.05, 3.63) is 126 Å². The van der Waals surface area contributed by atoms with E-state index < -0.39 is 10.9 Å². The highest BCUT2D eigenvalue weighted by atomic mass is 35.5. The highest BCUT2D eigenvalue weighted by Gasteiger charge is 2.64. The number of anilines is 2. The molecule has 184 valence electrons. The predicted molar refractivity (Wildman–Crippen MR) is 145 cm³/mol. The van der Waals surface area contributed by atoms with Gasteiger partial charge in [0.25, 0.3) is 5.91 Å². The number of hydrogen-bond donors (Lipinski definition) is 0. The Morgan fingerprint density at radius 2 is 1.43 bits per heavy atom. The molecule has 5 nitrogen and oxygen atoms in total. The van der Waals surface area contributed by atoms with E-state index in [1.54, 1.807) is 12.0 Å². The minimum atomic E-state index is -0.854. The molecule has 0 N–H and O–H groups in total. The third-order valence-corrected chi connectivity index (χ3v) is 8.02. The standard InChI is InChI=1S/C31H25ClN2O3/c1-37-24-18-16-23(17-19-24)31-20-27(21-10-4-2-5-11-21)33(29(35)22-12-6-3-7-13-22)25-14-8-9-15-26(25)34(31)30(36)28(31)32/h2-19,27-28H,20H2,1H3/t27-,28+,31+/m1/s1. The molecule has 0 radical (unpaired) electrons. The maximum atomic E-state index is 14.2. The molecule has 1 fully saturated rings. The van der Waals surface area contributed by atoms with Crippen LogP contribution in [-0.2, 0) is 10.3 Å². The molecule has 3 atom stereocenters. The first-order chi connectivity index (χ1) is 18.1. The van der Waals surface area contributed by atoms with E-state index in [0.717, 1.165) is 16.9 Å². The smallest absolute Gasteiger partial charge is 0.258 e. The molecule has 4 aromatic rings. The van der Waals surface area contributed by atoms with Crippen molar-refractivity contribution in [3.63, 3.8) is 0 Å². The van der Waals surface area contributed by atoms with E-state index in [1.807, 2.05) is 114 Å². The predicted octanol–water partition coefficient (Wildman–Crippen LogP) is 6.34. The summed E-state index contributed by atoms with van der Waals surface area (Å²) in [7, 11) is 1.62. The highest BCUT2D eigenvalue weighted by Crippen LogP contribution is 2.58. The van der Waals surface area contributed by atoms with E-state index in [9.17, 15) is 9.59 Å². The molecule has 6 rings (SSSR count).